The number of benzene rings is 3. The molecule has 8 heteroatoms. The highest BCUT2D eigenvalue weighted by molar-refractivity contribution is 7.16. The van der Waals surface area contributed by atoms with Crippen LogP contribution in [0.3, 0.4) is 0 Å². The molecule has 5 aromatic rings. The van der Waals surface area contributed by atoms with Gasteiger partial charge in [0.1, 0.15) is 29.8 Å². The third kappa shape index (κ3) is 5.48. The summed E-state index contributed by atoms with van der Waals surface area (Å²) in [6.45, 7) is 4.60. The summed E-state index contributed by atoms with van der Waals surface area (Å²) >= 11 is 1.65. The highest BCUT2D eigenvalue weighted by Gasteiger charge is 2.23. The van der Waals surface area contributed by atoms with Crippen LogP contribution in [0.4, 0.5) is 10.2 Å². The predicted octanol–water partition coefficient (Wildman–Crippen LogP) is 6.25. The number of halogens is 1. The largest absolute Gasteiger partial charge is 0.491 e. The van der Waals surface area contributed by atoms with Crippen molar-refractivity contribution in [3.8, 4) is 16.9 Å². The lowest BCUT2D eigenvalue weighted by Gasteiger charge is -2.26. The molecule has 198 valence electrons. The van der Waals surface area contributed by atoms with E-state index in [4.69, 9.17) is 14.7 Å². The minimum absolute atomic E-state index is 0.237. The number of aryl methyl sites for hydroxylation is 1. The Kier molecular flexibility index (Phi) is 6.97. The third-order valence-electron chi connectivity index (χ3n) is 6.99. The van der Waals surface area contributed by atoms with Gasteiger partial charge < -0.3 is 14.5 Å². The van der Waals surface area contributed by atoms with Crippen LogP contribution in [0.25, 0.3) is 21.3 Å². The van der Waals surface area contributed by atoms with Crippen molar-refractivity contribution in [2.75, 3.05) is 32.1 Å². The number of hydrogen-bond donors (Lipinski definition) is 0. The van der Waals surface area contributed by atoms with Crippen LogP contribution in [0.15, 0.2) is 66.2 Å². The van der Waals surface area contributed by atoms with E-state index in [1.807, 2.05) is 38.7 Å². The van der Waals surface area contributed by atoms with Crippen molar-refractivity contribution in [1.82, 2.24) is 19.9 Å². The van der Waals surface area contributed by atoms with Gasteiger partial charge in [-0.25, -0.2) is 19.3 Å². The molecule has 0 amide bonds. The van der Waals surface area contributed by atoms with Crippen molar-refractivity contribution in [2.24, 2.45) is 0 Å². The van der Waals surface area contributed by atoms with E-state index in [9.17, 15) is 4.39 Å². The Morgan fingerprint density at radius 2 is 1.79 bits per heavy atom. The van der Waals surface area contributed by atoms with Gasteiger partial charge in [0, 0.05) is 29.8 Å². The summed E-state index contributed by atoms with van der Waals surface area (Å²) in [5.41, 5.74) is 9.30. The molecule has 6 nitrogen and oxygen atoms in total. The van der Waals surface area contributed by atoms with Crippen LogP contribution in [0.1, 0.15) is 28.2 Å². The maximum atomic E-state index is 13.6. The average Bonchev–Trinajstić information content (AvgIpc) is 3.28. The Balaban J connectivity index is 1.38. The molecule has 39 heavy (non-hydrogen) atoms. The highest BCUT2D eigenvalue weighted by atomic mass is 32.1. The Labute approximate surface area is 231 Å². The van der Waals surface area contributed by atoms with E-state index in [2.05, 4.69) is 51.2 Å². The van der Waals surface area contributed by atoms with Gasteiger partial charge in [-0.3, -0.25) is 0 Å². The monoisotopic (exact) mass is 539 g/mol. The number of aromatic nitrogens is 3. The van der Waals surface area contributed by atoms with E-state index in [0.29, 0.717) is 32.7 Å². The fraction of sp³-hybridized carbons (Fsp3) is 0.258. The van der Waals surface area contributed by atoms with Gasteiger partial charge in [-0.05, 0) is 74.1 Å². The van der Waals surface area contributed by atoms with Gasteiger partial charge in [0.05, 0.1) is 28.8 Å². The van der Waals surface area contributed by atoms with Crippen molar-refractivity contribution in [1.29, 1.82) is 0 Å². The summed E-state index contributed by atoms with van der Waals surface area (Å²) in [6.07, 6.45) is 0.627. The number of ether oxygens (including phenoxy) is 1. The van der Waals surface area contributed by atoms with Crippen LogP contribution in [-0.2, 0) is 19.5 Å². The highest BCUT2D eigenvalue weighted by Crippen LogP contribution is 2.34. The lowest BCUT2D eigenvalue weighted by atomic mass is 10.0. The van der Waals surface area contributed by atoms with Crippen molar-refractivity contribution in [3.63, 3.8) is 0 Å². The van der Waals surface area contributed by atoms with Gasteiger partial charge in [-0.1, -0.05) is 24.3 Å². The second kappa shape index (κ2) is 10.7. The molecule has 0 atom stereocenters. The summed E-state index contributed by atoms with van der Waals surface area (Å²) < 4.78 is 21.0. The van der Waals surface area contributed by atoms with E-state index >= 15 is 0 Å². The van der Waals surface area contributed by atoms with Gasteiger partial charge >= 0.3 is 0 Å². The van der Waals surface area contributed by atoms with Crippen molar-refractivity contribution in [2.45, 2.75) is 26.4 Å². The van der Waals surface area contributed by atoms with E-state index in [0.717, 1.165) is 56.4 Å². The van der Waals surface area contributed by atoms with Gasteiger partial charge in [-0.15, -0.1) is 11.3 Å². The first-order chi connectivity index (χ1) is 18.9. The number of hydrogen-bond acceptors (Lipinski definition) is 7. The standard InChI is InChI=1S/C31H30FN5OS/c1-20-26(14-21-4-8-25(32)9-5-21)31(35-30(34-20)18-36(2)3)37-12-13-38-28-10-6-22(15-24(28)17-37)23-7-11-29-27(16-23)33-19-39-29/h4-11,15-16,19H,12-14,17-18H2,1-3H3. The zero-order valence-corrected chi connectivity index (χ0v) is 23.1. The van der Waals surface area contributed by atoms with Crippen LogP contribution >= 0.6 is 11.3 Å². The molecule has 0 aliphatic carbocycles. The maximum absolute atomic E-state index is 13.6. The fourth-order valence-corrected chi connectivity index (χ4v) is 5.72. The number of rotatable bonds is 6. The maximum Gasteiger partial charge on any atom is 0.144 e. The molecule has 0 saturated heterocycles. The van der Waals surface area contributed by atoms with E-state index in [-0.39, 0.29) is 5.82 Å². The minimum Gasteiger partial charge on any atom is -0.491 e. The lowest BCUT2D eigenvalue weighted by Crippen LogP contribution is -2.29. The molecule has 0 N–H and O–H groups in total. The molecular weight excluding hydrogens is 509 g/mol. The third-order valence-corrected chi connectivity index (χ3v) is 7.80. The predicted molar refractivity (Wildman–Crippen MR) is 155 cm³/mol. The molecule has 3 aromatic carbocycles. The summed E-state index contributed by atoms with van der Waals surface area (Å²) in [6, 6.07) is 19.5. The molecule has 1 aliphatic rings. The van der Waals surface area contributed by atoms with Gasteiger partial charge in [0.15, 0.2) is 0 Å². The van der Waals surface area contributed by atoms with E-state index in [1.165, 1.54) is 16.8 Å². The van der Waals surface area contributed by atoms with Crippen LogP contribution < -0.4 is 9.64 Å². The zero-order valence-electron chi connectivity index (χ0n) is 22.3. The number of thiazole rings is 1. The Hall–Kier alpha value is -3.88. The molecule has 1 aliphatic heterocycles. The Bertz CT molecular complexity index is 1630. The summed E-state index contributed by atoms with van der Waals surface area (Å²) in [5, 5.41) is 0. The molecule has 0 fully saturated rings. The molecule has 6 rings (SSSR count). The van der Waals surface area contributed by atoms with Crippen molar-refractivity contribution < 1.29 is 9.13 Å². The average molecular weight is 540 g/mol. The van der Waals surface area contributed by atoms with Gasteiger partial charge in [0.2, 0.25) is 0 Å². The summed E-state index contributed by atoms with van der Waals surface area (Å²) in [4.78, 5) is 18.8. The molecule has 3 heterocycles. The first-order valence-electron chi connectivity index (χ1n) is 13.0. The molecule has 0 radical (unpaired) electrons. The zero-order chi connectivity index (χ0) is 26.9. The fourth-order valence-electron chi connectivity index (χ4n) is 5.06. The quantitative estimate of drug-likeness (QED) is 0.254. The van der Waals surface area contributed by atoms with Crippen LogP contribution in [0.5, 0.6) is 5.75 Å². The van der Waals surface area contributed by atoms with E-state index < -0.39 is 0 Å². The topological polar surface area (TPSA) is 54.4 Å². The summed E-state index contributed by atoms with van der Waals surface area (Å²) in [7, 11) is 4.04. The molecule has 0 saturated carbocycles. The second-order valence-corrected chi connectivity index (χ2v) is 11.1. The normalized spacial score (nSPS) is 13.4. The smallest absolute Gasteiger partial charge is 0.144 e. The Morgan fingerprint density at radius 1 is 1.00 bits per heavy atom. The first-order valence-corrected chi connectivity index (χ1v) is 13.9. The molecule has 0 spiro atoms. The SMILES string of the molecule is Cc1nc(CN(C)C)nc(N2CCOc3ccc(-c4ccc5scnc5c4)cc3C2)c1Cc1ccc(F)cc1. The molecule has 2 aromatic heterocycles. The van der Waals surface area contributed by atoms with Gasteiger partial charge in [-0.2, -0.15) is 0 Å². The second-order valence-electron chi connectivity index (χ2n) is 10.2. The molecule has 0 bridgehead atoms. The van der Waals surface area contributed by atoms with Crippen LogP contribution in [-0.4, -0.2) is 47.1 Å². The van der Waals surface area contributed by atoms with Crippen LogP contribution in [0.2, 0.25) is 0 Å². The van der Waals surface area contributed by atoms with Crippen LogP contribution in [0, 0.1) is 12.7 Å². The minimum atomic E-state index is -0.237. The van der Waals surface area contributed by atoms with Gasteiger partial charge in [0.25, 0.3) is 0 Å². The number of fused-ring (bicyclic) bond motifs is 2. The lowest BCUT2D eigenvalue weighted by molar-refractivity contribution is 0.331. The van der Waals surface area contributed by atoms with Crippen molar-refractivity contribution >= 4 is 27.4 Å². The van der Waals surface area contributed by atoms with Crippen molar-refractivity contribution in [3.05, 3.63) is 100 Å². The molecule has 0 unspecified atom stereocenters. The molecular formula is C31H30FN5OS. The first kappa shape index (κ1) is 25.4. The summed E-state index contributed by atoms with van der Waals surface area (Å²) in [5.74, 6) is 2.36. The number of nitrogens with zero attached hydrogens (tertiary/aromatic N) is 5. The van der Waals surface area contributed by atoms with E-state index in [1.54, 1.807) is 11.3 Å². The number of anilines is 1. The Morgan fingerprint density at radius 3 is 2.62 bits per heavy atom.